The first-order valence-electron chi connectivity index (χ1n) is 9.48. The Bertz CT molecular complexity index is 937. The van der Waals surface area contributed by atoms with Crippen LogP contribution in [0.2, 0.25) is 0 Å². The fraction of sp³-hybridized carbons (Fsp3) is 0.409. The molecule has 0 spiro atoms. The lowest BCUT2D eigenvalue weighted by Crippen LogP contribution is -2.50. The molecule has 0 saturated heterocycles. The minimum absolute atomic E-state index is 0.220. The molecule has 0 bridgehead atoms. The van der Waals surface area contributed by atoms with Gasteiger partial charge >= 0.3 is 0 Å². The molecule has 0 saturated carbocycles. The van der Waals surface area contributed by atoms with E-state index in [-0.39, 0.29) is 11.9 Å². The fourth-order valence-electron chi connectivity index (χ4n) is 3.24. The minimum atomic E-state index is -3.65. The molecule has 28 heavy (non-hydrogen) atoms. The molecule has 0 aliphatic heterocycles. The topological polar surface area (TPSA) is 66.5 Å². The normalized spacial score (nSPS) is 13.6. The zero-order chi connectivity index (χ0) is 21.1. The first-order chi connectivity index (χ1) is 13.0. The van der Waals surface area contributed by atoms with Crippen LogP contribution in [-0.4, -0.2) is 26.6 Å². The van der Waals surface area contributed by atoms with E-state index in [1.54, 1.807) is 0 Å². The summed E-state index contributed by atoms with van der Waals surface area (Å²) >= 11 is 0. The maximum absolute atomic E-state index is 13.1. The van der Waals surface area contributed by atoms with E-state index < -0.39 is 16.1 Å². The van der Waals surface area contributed by atoms with E-state index in [0.717, 1.165) is 28.5 Å². The third-order valence-corrected chi connectivity index (χ3v) is 6.03. The molecule has 0 aliphatic rings. The van der Waals surface area contributed by atoms with Gasteiger partial charge in [-0.1, -0.05) is 48.9 Å². The van der Waals surface area contributed by atoms with Crippen molar-refractivity contribution in [1.29, 1.82) is 0 Å². The number of amides is 1. The van der Waals surface area contributed by atoms with Crippen molar-refractivity contribution in [2.24, 2.45) is 0 Å². The van der Waals surface area contributed by atoms with Gasteiger partial charge in [-0.05, 0) is 56.9 Å². The molecule has 2 rings (SSSR count). The summed E-state index contributed by atoms with van der Waals surface area (Å²) in [6.45, 7) is 9.49. The first kappa shape index (κ1) is 22.0. The predicted molar refractivity (Wildman–Crippen MR) is 115 cm³/mol. The van der Waals surface area contributed by atoms with Crippen LogP contribution >= 0.6 is 0 Å². The molecule has 152 valence electrons. The van der Waals surface area contributed by atoms with Gasteiger partial charge in [0.15, 0.2) is 0 Å². The molecule has 0 unspecified atom stereocenters. The quantitative estimate of drug-likeness (QED) is 0.760. The van der Waals surface area contributed by atoms with Gasteiger partial charge in [0.05, 0.1) is 18.0 Å². The first-order valence-corrected chi connectivity index (χ1v) is 11.3. The molecule has 2 aromatic carbocycles. The van der Waals surface area contributed by atoms with Crippen LogP contribution in [0.4, 0.5) is 5.69 Å². The van der Waals surface area contributed by atoms with Gasteiger partial charge in [-0.25, -0.2) is 8.42 Å². The lowest BCUT2D eigenvalue weighted by molar-refractivity contribution is -0.122. The standard InChI is InChI=1S/C22H30N2O3S/c1-7-20(22(25)23-18(5)19-12-9-15(2)10-13-19)24(28(6,26)27)21-14-16(3)8-11-17(21)4/h8-14,18,20H,7H2,1-6H3,(H,23,25)/t18-,20+/m1/s1. The van der Waals surface area contributed by atoms with E-state index >= 15 is 0 Å². The van der Waals surface area contributed by atoms with Crippen molar-refractivity contribution in [3.8, 4) is 0 Å². The number of hydrogen-bond acceptors (Lipinski definition) is 3. The second-order valence-corrected chi connectivity index (χ2v) is 9.27. The highest BCUT2D eigenvalue weighted by atomic mass is 32.2. The van der Waals surface area contributed by atoms with Crippen molar-refractivity contribution in [3.05, 3.63) is 64.7 Å². The van der Waals surface area contributed by atoms with E-state index in [0.29, 0.717) is 12.1 Å². The van der Waals surface area contributed by atoms with Crippen LogP contribution < -0.4 is 9.62 Å². The van der Waals surface area contributed by atoms with Crippen LogP contribution in [0.25, 0.3) is 0 Å². The maximum Gasteiger partial charge on any atom is 0.244 e. The van der Waals surface area contributed by atoms with E-state index in [9.17, 15) is 13.2 Å². The Hall–Kier alpha value is -2.34. The van der Waals surface area contributed by atoms with Crippen molar-refractivity contribution in [3.63, 3.8) is 0 Å². The maximum atomic E-state index is 13.1. The Balaban J connectivity index is 2.36. The number of carbonyl (C=O) groups is 1. The molecule has 0 aromatic heterocycles. The van der Waals surface area contributed by atoms with Gasteiger partial charge in [0.1, 0.15) is 6.04 Å². The molecule has 2 atom stereocenters. The molecule has 1 N–H and O–H groups in total. The van der Waals surface area contributed by atoms with Gasteiger partial charge in [0, 0.05) is 0 Å². The zero-order valence-corrected chi connectivity index (χ0v) is 18.3. The third kappa shape index (κ3) is 5.13. The summed E-state index contributed by atoms with van der Waals surface area (Å²) in [6, 6.07) is 12.5. The molecule has 0 aliphatic carbocycles. The third-order valence-electron chi connectivity index (χ3n) is 4.87. The molecular formula is C22H30N2O3S. The number of benzene rings is 2. The summed E-state index contributed by atoms with van der Waals surface area (Å²) in [4.78, 5) is 13.1. The average molecular weight is 403 g/mol. The van der Waals surface area contributed by atoms with Crippen molar-refractivity contribution < 1.29 is 13.2 Å². The summed E-state index contributed by atoms with van der Waals surface area (Å²) in [6.07, 6.45) is 1.51. The van der Waals surface area contributed by atoms with Crippen molar-refractivity contribution in [2.45, 2.75) is 53.1 Å². The molecule has 0 radical (unpaired) electrons. The minimum Gasteiger partial charge on any atom is -0.348 e. The largest absolute Gasteiger partial charge is 0.348 e. The summed E-state index contributed by atoms with van der Waals surface area (Å²) < 4.78 is 26.5. The van der Waals surface area contributed by atoms with Gasteiger partial charge in [0.2, 0.25) is 15.9 Å². The fourth-order valence-corrected chi connectivity index (χ4v) is 4.50. The number of nitrogens with zero attached hydrogens (tertiary/aromatic N) is 1. The number of sulfonamides is 1. The molecule has 5 nitrogen and oxygen atoms in total. The average Bonchev–Trinajstić information content (AvgIpc) is 2.61. The van der Waals surface area contributed by atoms with Crippen molar-refractivity contribution in [2.75, 3.05) is 10.6 Å². The Morgan fingerprint density at radius 2 is 1.61 bits per heavy atom. The molecule has 0 heterocycles. The smallest absolute Gasteiger partial charge is 0.244 e. The monoisotopic (exact) mass is 402 g/mol. The van der Waals surface area contributed by atoms with Gasteiger partial charge < -0.3 is 5.32 Å². The van der Waals surface area contributed by atoms with Crippen LogP contribution in [0.5, 0.6) is 0 Å². The second kappa shape index (κ2) is 8.78. The van der Waals surface area contributed by atoms with Gasteiger partial charge in [-0.15, -0.1) is 0 Å². The van der Waals surface area contributed by atoms with Crippen LogP contribution in [0, 0.1) is 20.8 Å². The highest BCUT2D eigenvalue weighted by molar-refractivity contribution is 7.92. The van der Waals surface area contributed by atoms with Crippen molar-refractivity contribution >= 4 is 21.6 Å². The summed E-state index contributed by atoms with van der Waals surface area (Å²) in [5, 5.41) is 2.98. The van der Waals surface area contributed by atoms with E-state index in [1.165, 1.54) is 4.31 Å². The number of aryl methyl sites for hydroxylation is 3. The molecule has 0 fully saturated rings. The van der Waals surface area contributed by atoms with E-state index in [4.69, 9.17) is 0 Å². The molecule has 6 heteroatoms. The van der Waals surface area contributed by atoms with Crippen LogP contribution in [-0.2, 0) is 14.8 Å². The Labute approximate surface area is 168 Å². The SMILES string of the molecule is CC[C@@H](C(=O)N[C@H](C)c1ccc(C)cc1)N(c1cc(C)ccc1C)S(C)(=O)=O. The molecule has 2 aromatic rings. The summed E-state index contributed by atoms with van der Waals surface area (Å²) in [7, 11) is -3.65. The Morgan fingerprint density at radius 3 is 2.14 bits per heavy atom. The predicted octanol–water partition coefficient (Wildman–Crippen LogP) is 4.03. The number of anilines is 1. The van der Waals surface area contributed by atoms with Crippen LogP contribution in [0.15, 0.2) is 42.5 Å². The van der Waals surface area contributed by atoms with Crippen LogP contribution in [0.3, 0.4) is 0 Å². The number of hydrogen-bond donors (Lipinski definition) is 1. The molecule has 1 amide bonds. The number of carbonyl (C=O) groups excluding carboxylic acids is 1. The highest BCUT2D eigenvalue weighted by Gasteiger charge is 2.33. The summed E-state index contributed by atoms with van der Waals surface area (Å²) in [5.41, 5.74) is 4.43. The molecular weight excluding hydrogens is 372 g/mol. The Morgan fingerprint density at radius 1 is 1.04 bits per heavy atom. The van der Waals surface area contributed by atoms with Crippen LogP contribution in [0.1, 0.15) is 48.6 Å². The Kier molecular flexibility index (Phi) is 6.88. The van der Waals surface area contributed by atoms with Gasteiger partial charge in [-0.3, -0.25) is 9.10 Å². The van der Waals surface area contributed by atoms with Gasteiger partial charge in [-0.2, -0.15) is 0 Å². The highest BCUT2D eigenvalue weighted by Crippen LogP contribution is 2.28. The van der Waals surface area contributed by atoms with Gasteiger partial charge in [0.25, 0.3) is 0 Å². The number of rotatable bonds is 7. The zero-order valence-electron chi connectivity index (χ0n) is 17.5. The van der Waals surface area contributed by atoms with E-state index in [2.05, 4.69) is 5.32 Å². The lowest BCUT2D eigenvalue weighted by Gasteiger charge is -2.32. The summed E-state index contributed by atoms with van der Waals surface area (Å²) in [5.74, 6) is -0.304. The van der Waals surface area contributed by atoms with Crippen molar-refractivity contribution in [1.82, 2.24) is 5.32 Å². The number of nitrogens with one attached hydrogen (secondary N) is 1. The van der Waals surface area contributed by atoms with E-state index in [1.807, 2.05) is 77.1 Å². The lowest BCUT2D eigenvalue weighted by atomic mass is 10.1. The second-order valence-electron chi connectivity index (χ2n) is 7.41.